The molecule has 9 nitrogen and oxygen atoms in total. The van der Waals surface area contributed by atoms with E-state index in [1.165, 1.54) is 23.7 Å². The van der Waals surface area contributed by atoms with Gasteiger partial charge in [0.15, 0.2) is 11.6 Å². The second-order valence-electron chi connectivity index (χ2n) is 7.17. The number of hydrogen-bond acceptors (Lipinski definition) is 6. The number of hydrogen-bond donors (Lipinski definition) is 1. The lowest BCUT2D eigenvalue weighted by Crippen LogP contribution is -2.34. The van der Waals surface area contributed by atoms with Crippen LogP contribution in [0.25, 0.3) is 11.0 Å². The van der Waals surface area contributed by atoms with Gasteiger partial charge in [0.1, 0.15) is 23.6 Å². The number of nitriles is 1. The fourth-order valence-corrected chi connectivity index (χ4v) is 4.64. The Morgan fingerprint density at radius 1 is 1.31 bits per heavy atom. The predicted octanol–water partition coefficient (Wildman–Crippen LogP) is 2.44. The maximum atomic E-state index is 14.6. The van der Waals surface area contributed by atoms with E-state index in [1.807, 2.05) is 0 Å². The van der Waals surface area contributed by atoms with Crippen LogP contribution in [-0.2, 0) is 17.3 Å². The van der Waals surface area contributed by atoms with E-state index >= 15 is 0 Å². The largest absolute Gasteiger partial charge is 0.453 e. The summed E-state index contributed by atoms with van der Waals surface area (Å²) in [6, 6.07) is 8.28. The van der Waals surface area contributed by atoms with Crippen LogP contribution >= 0.6 is 0 Å². The average Bonchev–Trinajstić information content (AvgIpc) is 3.21. The summed E-state index contributed by atoms with van der Waals surface area (Å²) in [5.74, 6) is -1.28. The summed E-state index contributed by atoms with van der Waals surface area (Å²) in [5.41, 5.74) is -0.0301. The van der Waals surface area contributed by atoms with Crippen LogP contribution in [0.5, 0.6) is 11.5 Å². The molecule has 1 atom stereocenters. The zero-order valence-electron chi connectivity index (χ0n) is 16.7. The number of aryl methyl sites for hydroxylation is 1. The van der Waals surface area contributed by atoms with Gasteiger partial charge in [0, 0.05) is 26.2 Å². The summed E-state index contributed by atoms with van der Waals surface area (Å²) in [4.78, 5) is 15.8. The number of ether oxygens (including phenoxy) is 1. The van der Waals surface area contributed by atoms with Gasteiger partial charge >= 0.3 is 10.2 Å². The Balaban J connectivity index is 1.71. The lowest BCUT2D eigenvalue weighted by atomic mass is 10.1. The molecule has 3 aromatic rings. The van der Waals surface area contributed by atoms with Crippen molar-refractivity contribution in [1.82, 2.24) is 13.9 Å². The first-order chi connectivity index (χ1) is 15.2. The predicted molar refractivity (Wildman–Crippen MR) is 112 cm³/mol. The van der Waals surface area contributed by atoms with E-state index in [-0.39, 0.29) is 42.1 Å². The number of halogens is 2. The van der Waals surface area contributed by atoms with E-state index in [2.05, 4.69) is 9.71 Å². The number of anilines is 1. The topological polar surface area (TPSA) is 117 Å². The molecular formula is C20H17F2N5O4S. The monoisotopic (exact) mass is 461 g/mol. The fraction of sp³-hybridized carbons (Fsp3) is 0.250. The van der Waals surface area contributed by atoms with Crippen LogP contribution in [0.2, 0.25) is 0 Å². The molecule has 1 aliphatic rings. The number of alkyl halides is 1. The molecule has 1 N–H and O–H groups in total. The van der Waals surface area contributed by atoms with Crippen molar-refractivity contribution in [2.24, 2.45) is 7.05 Å². The molecule has 166 valence electrons. The molecule has 1 aromatic heterocycles. The molecule has 4 rings (SSSR count). The number of aromatic nitrogens is 2. The van der Waals surface area contributed by atoms with Gasteiger partial charge in [-0.05, 0) is 30.7 Å². The van der Waals surface area contributed by atoms with Crippen LogP contribution in [0.15, 0.2) is 41.3 Å². The number of benzene rings is 2. The van der Waals surface area contributed by atoms with E-state index in [1.54, 1.807) is 12.1 Å². The highest BCUT2D eigenvalue weighted by atomic mass is 32.2. The lowest BCUT2D eigenvalue weighted by molar-refractivity contribution is 0.343. The van der Waals surface area contributed by atoms with Gasteiger partial charge < -0.3 is 9.30 Å². The smallest absolute Gasteiger partial charge is 0.301 e. The summed E-state index contributed by atoms with van der Waals surface area (Å²) in [7, 11) is -2.62. The minimum Gasteiger partial charge on any atom is -0.453 e. The van der Waals surface area contributed by atoms with Crippen molar-refractivity contribution in [3.05, 3.63) is 58.3 Å². The average molecular weight is 461 g/mol. The van der Waals surface area contributed by atoms with Gasteiger partial charge in [0.2, 0.25) is 0 Å². The molecule has 12 heteroatoms. The Kier molecular flexibility index (Phi) is 5.53. The maximum Gasteiger partial charge on any atom is 0.301 e. The fourth-order valence-electron chi connectivity index (χ4n) is 3.35. The molecule has 0 bridgehead atoms. The zero-order valence-corrected chi connectivity index (χ0v) is 17.6. The van der Waals surface area contributed by atoms with Gasteiger partial charge in [-0.3, -0.25) is 9.52 Å². The van der Waals surface area contributed by atoms with E-state index in [0.29, 0.717) is 11.0 Å². The number of rotatable bonds is 5. The first kappa shape index (κ1) is 21.7. The van der Waals surface area contributed by atoms with E-state index in [0.717, 1.165) is 22.6 Å². The normalized spacial score (nSPS) is 16.8. The molecule has 1 aliphatic heterocycles. The molecule has 2 aromatic carbocycles. The highest BCUT2D eigenvalue weighted by Crippen LogP contribution is 2.34. The zero-order chi connectivity index (χ0) is 23.0. The lowest BCUT2D eigenvalue weighted by Gasteiger charge is -2.18. The van der Waals surface area contributed by atoms with Crippen molar-refractivity contribution >= 4 is 26.9 Å². The molecule has 0 unspecified atom stereocenters. The summed E-state index contributed by atoms with van der Waals surface area (Å²) in [6.07, 6.45) is -0.0342. The Bertz CT molecular complexity index is 1420. The molecule has 0 radical (unpaired) electrons. The quantitative estimate of drug-likeness (QED) is 0.624. The third-order valence-corrected chi connectivity index (χ3v) is 6.56. The van der Waals surface area contributed by atoms with Gasteiger partial charge in [-0.2, -0.15) is 18.0 Å². The Morgan fingerprint density at radius 3 is 2.78 bits per heavy atom. The number of nitrogens with zero attached hydrogens (tertiary/aromatic N) is 4. The van der Waals surface area contributed by atoms with Crippen molar-refractivity contribution < 1.29 is 21.9 Å². The molecule has 2 heterocycles. The minimum atomic E-state index is -4.15. The highest BCUT2D eigenvalue weighted by molar-refractivity contribution is 7.90. The van der Waals surface area contributed by atoms with E-state index < -0.39 is 27.9 Å². The van der Waals surface area contributed by atoms with Crippen molar-refractivity contribution in [3.63, 3.8) is 0 Å². The summed E-state index contributed by atoms with van der Waals surface area (Å²) in [6.45, 7) is -0.307. The van der Waals surface area contributed by atoms with Crippen LogP contribution in [-0.4, -0.2) is 41.5 Å². The van der Waals surface area contributed by atoms with Crippen LogP contribution in [0, 0.1) is 17.1 Å². The number of fused-ring (bicyclic) bond motifs is 1. The van der Waals surface area contributed by atoms with Crippen molar-refractivity contribution in [3.8, 4) is 17.6 Å². The van der Waals surface area contributed by atoms with Crippen LogP contribution in [0.4, 0.5) is 14.5 Å². The second kappa shape index (κ2) is 8.18. The SMILES string of the molecule is Cn1c(=O)cnc2ccc(Oc3c(F)ccc(NS(=O)(=O)N4CC[C@@H](F)C4)c3C#N)cc21. The molecule has 32 heavy (non-hydrogen) atoms. The third-order valence-electron chi connectivity index (χ3n) is 5.07. The Labute approximate surface area is 181 Å². The van der Waals surface area contributed by atoms with Crippen LogP contribution < -0.4 is 15.0 Å². The van der Waals surface area contributed by atoms with Crippen LogP contribution in [0.3, 0.4) is 0 Å². The second-order valence-corrected chi connectivity index (χ2v) is 8.84. The van der Waals surface area contributed by atoms with Gasteiger partial charge in [-0.15, -0.1) is 0 Å². The molecule has 0 saturated carbocycles. The third kappa shape index (κ3) is 4.00. The van der Waals surface area contributed by atoms with Gasteiger partial charge in [0.25, 0.3) is 5.56 Å². The highest BCUT2D eigenvalue weighted by Gasteiger charge is 2.32. The first-order valence-corrected chi connectivity index (χ1v) is 10.9. The molecule has 1 saturated heterocycles. The Hall–Kier alpha value is -3.56. The standard InChI is InChI=1S/C20H17F2N5O4S/c1-26-18-8-13(2-4-17(18)24-10-19(26)28)31-20-14(9-23)16(5-3-15(20)22)25-32(29,30)27-7-6-12(21)11-27/h2-5,8,10,12,25H,6-7,11H2,1H3/t12-/m1/s1. The molecule has 1 fully saturated rings. The minimum absolute atomic E-state index is 0.00716. The Morgan fingerprint density at radius 2 is 2.09 bits per heavy atom. The van der Waals surface area contributed by atoms with Gasteiger partial charge in [-0.1, -0.05) is 0 Å². The van der Waals surface area contributed by atoms with Crippen molar-refractivity contribution in [2.75, 3.05) is 17.8 Å². The first-order valence-electron chi connectivity index (χ1n) is 9.48. The summed E-state index contributed by atoms with van der Waals surface area (Å²) >= 11 is 0. The van der Waals surface area contributed by atoms with E-state index in [9.17, 15) is 27.3 Å². The summed E-state index contributed by atoms with van der Waals surface area (Å²) < 4.78 is 63.1. The van der Waals surface area contributed by atoms with Gasteiger partial charge in [-0.25, -0.2) is 13.8 Å². The molecular weight excluding hydrogens is 444 g/mol. The van der Waals surface area contributed by atoms with Crippen LogP contribution in [0.1, 0.15) is 12.0 Å². The van der Waals surface area contributed by atoms with E-state index in [4.69, 9.17) is 4.74 Å². The van der Waals surface area contributed by atoms with Crippen molar-refractivity contribution in [1.29, 1.82) is 5.26 Å². The molecule has 0 aliphatic carbocycles. The number of nitrogens with one attached hydrogen (secondary N) is 1. The molecule has 0 amide bonds. The van der Waals surface area contributed by atoms with Crippen molar-refractivity contribution in [2.45, 2.75) is 12.6 Å². The summed E-state index contributed by atoms with van der Waals surface area (Å²) in [5, 5.41) is 9.60. The van der Waals surface area contributed by atoms with Gasteiger partial charge in [0.05, 0.1) is 22.9 Å². The maximum absolute atomic E-state index is 14.6. The molecule has 0 spiro atoms.